The molecular weight excluding hydrogens is 262 g/mol. The van der Waals surface area contributed by atoms with E-state index in [0.29, 0.717) is 5.82 Å². The van der Waals surface area contributed by atoms with Crippen molar-refractivity contribution in [3.8, 4) is 0 Å². The van der Waals surface area contributed by atoms with Crippen molar-refractivity contribution in [3.05, 3.63) is 47.8 Å². The van der Waals surface area contributed by atoms with Crippen molar-refractivity contribution in [2.24, 2.45) is 5.84 Å². The fraction of sp³-hybridized carbons (Fsp3) is 0.375. The summed E-state index contributed by atoms with van der Waals surface area (Å²) in [6, 6.07) is 12.2. The summed E-state index contributed by atoms with van der Waals surface area (Å²) in [4.78, 5) is 11.2. The lowest BCUT2D eigenvalue weighted by Crippen LogP contribution is -2.23. The first-order chi connectivity index (χ1) is 9.90. The number of rotatable bonds is 4. The average Bonchev–Trinajstić information content (AvgIpc) is 2.46. The van der Waals surface area contributed by atoms with E-state index in [-0.39, 0.29) is 5.41 Å². The topological polar surface area (TPSA) is 67.1 Å². The van der Waals surface area contributed by atoms with E-state index in [1.165, 1.54) is 5.56 Å². The Morgan fingerprint density at radius 2 is 1.81 bits per heavy atom. The predicted octanol–water partition coefficient (Wildman–Crippen LogP) is 2.70. The van der Waals surface area contributed by atoms with E-state index in [1.54, 1.807) is 0 Å². The highest BCUT2D eigenvalue weighted by Crippen LogP contribution is 2.24. The molecule has 0 fully saturated rings. The first kappa shape index (κ1) is 15.3. The van der Waals surface area contributed by atoms with Gasteiger partial charge in [-0.2, -0.15) is 0 Å². The van der Waals surface area contributed by atoms with Crippen molar-refractivity contribution < 1.29 is 0 Å². The molecule has 112 valence electrons. The lowest BCUT2D eigenvalue weighted by molar-refractivity contribution is 0.545. The molecule has 0 saturated carbocycles. The summed E-state index contributed by atoms with van der Waals surface area (Å²) in [5, 5.41) is 0. The molecule has 5 nitrogen and oxygen atoms in total. The molecule has 0 saturated heterocycles. The molecule has 0 bridgehead atoms. The summed E-state index contributed by atoms with van der Waals surface area (Å²) in [5.74, 6) is 7.78. The largest absolute Gasteiger partial charge is 0.355 e. The van der Waals surface area contributed by atoms with Crippen LogP contribution in [0.5, 0.6) is 0 Å². The maximum atomic E-state index is 5.52. The summed E-state index contributed by atoms with van der Waals surface area (Å²) in [5.41, 5.74) is 3.73. The zero-order valence-corrected chi connectivity index (χ0v) is 13.1. The fourth-order valence-corrected chi connectivity index (χ4v) is 1.98. The first-order valence-corrected chi connectivity index (χ1v) is 7.01. The molecular formula is C16H23N5. The van der Waals surface area contributed by atoms with Crippen LogP contribution in [0.15, 0.2) is 36.4 Å². The molecule has 5 heteroatoms. The molecule has 1 aromatic carbocycles. The zero-order valence-electron chi connectivity index (χ0n) is 13.1. The molecule has 0 aliphatic rings. The van der Waals surface area contributed by atoms with Gasteiger partial charge in [-0.05, 0) is 5.56 Å². The minimum absolute atomic E-state index is 0.130. The second-order valence-corrected chi connectivity index (χ2v) is 6.17. The average molecular weight is 285 g/mol. The molecule has 2 rings (SSSR count). The molecule has 3 N–H and O–H groups in total. The SMILES string of the molecule is CN(Cc1ccccc1)c1cc(NN)nc(C(C)(C)C)n1. The maximum Gasteiger partial charge on any atom is 0.145 e. The second-order valence-electron chi connectivity index (χ2n) is 6.17. The van der Waals surface area contributed by atoms with Crippen LogP contribution in [-0.4, -0.2) is 17.0 Å². The van der Waals surface area contributed by atoms with Crippen LogP contribution in [0, 0.1) is 0 Å². The molecule has 1 heterocycles. The monoisotopic (exact) mass is 285 g/mol. The Morgan fingerprint density at radius 1 is 1.14 bits per heavy atom. The number of nitrogens with zero attached hydrogens (tertiary/aromatic N) is 3. The molecule has 0 spiro atoms. The standard InChI is InChI=1S/C16H23N5/c1-16(2,3)15-18-13(20-17)10-14(19-15)21(4)11-12-8-6-5-7-9-12/h5-10H,11,17H2,1-4H3,(H,18,19,20). The molecule has 21 heavy (non-hydrogen) atoms. The minimum Gasteiger partial charge on any atom is -0.355 e. The molecule has 0 amide bonds. The van der Waals surface area contributed by atoms with Crippen LogP contribution >= 0.6 is 0 Å². The Morgan fingerprint density at radius 3 is 2.38 bits per heavy atom. The van der Waals surface area contributed by atoms with E-state index in [0.717, 1.165) is 18.2 Å². The second kappa shape index (κ2) is 6.10. The summed E-state index contributed by atoms with van der Waals surface area (Å²) in [6.45, 7) is 7.04. The van der Waals surface area contributed by atoms with Crippen LogP contribution in [0.25, 0.3) is 0 Å². The van der Waals surface area contributed by atoms with Gasteiger partial charge >= 0.3 is 0 Å². The van der Waals surface area contributed by atoms with E-state index in [4.69, 9.17) is 5.84 Å². The van der Waals surface area contributed by atoms with Gasteiger partial charge in [0.15, 0.2) is 0 Å². The Bertz CT molecular complexity index is 589. The van der Waals surface area contributed by atoms with Crippen LogP contribution in [0.1, 0.15) is 32.2 Å². The number of nitrogens with two attached hydrogens (primary N) is 1. The van der Waals surface area contributed by atoms with Crippen LogP contribution in [0.4, 0.5) is 11.6 Å². The quantitative estimate of drug-likeness (QED) is 0.668. The number of hydrazine groups is 1. The molecule has 0 aliphatic heterocycles. The van der Waals surface area contributed by atoms with E-state index < -0.39 is 0 Å². The zero-order chi connectivity index (χ0) is 15.5. The van der Waals surface area contributed by atoms with Gasteiger partial charge in [-0.15, -0.1) is 0 Å². The fourth-order valence-electron chi connectivity index (χ4n) is 1.98. The van der Waals surface area contributed by atoms with Crippen molar-refractivity contribution in [2.45, 2.75) is 32.7 Å². The maximum absolute atomic E-state index is 5.52. The van der Waals surface area contributed by atoms with Gasteiger partial charge < -0.3 is 10.3 Å². The van der Waals surface area contributed by atoms with Gasteiger partial charge in [0.1, 0.15) is 17.5 Å². The van der Waals surface area contributed by atoms with Crippen molar-refractivity contribution in [3.63, 3.8) is 0 Å². The van der Waals surface area contributed by atoms with E-state index in [2.05, 4.69) is 53.2 Å². The molecule has 0 atom stereocenters. The normalized spacial score (nSPS) is 11.3. The van der Waals surface area contributed by atoms with Crippen LogP contribution in [0.3, 0.4) is 0 Å². The highest BCUT2D eigenvalue weighted by molar-refractivity contribution is 5.49. The predicted molar refractivity (Wildman–Crippen MR) is 87.1 cm³/mol. The summed E-state index contributed by atoms with van der Waals surface area (Å²) in [6.07, 6.45) is 0. The van der Waals surface area contributed by atoms with Gasteiger partial charge in [0.25, 0.3) is 0 Å². The van der Waals surface area contributed by atoms with Gasteiger partial charge in [0.05, 0.1) is 0 Å². The van der Waals surface area contributed by atoms with Crippen molar-refractivity contribution in [1.29, 1.82) is 0 Å². The lowest BCUT2D eigenvalue weighted by Gasteiger charge is -2.23. The summed E-state index contributed by atoms with van der Waals surface area (Å²) in [7, 11) is 2.02. The Balaban J connectivity index is 2.30. The molecule has 0 radical (unpaired) electrons. The third-order valence-corrected chi connectivity index (χ3v) is 3.18. The lowest BCUT2D eigenvalue weighted by atomic mass is 9.96. The van der Waals surface area contributed by atoms with Crippen molar-refractivity contribution >= 4 is 11.6 Å². The van der Waals surface area contributed by atoms with Crippen molar-refractivity contribution in [1.82, 2.24) is 9.97 Å². The Kier molecular flexibility index (Phi) is 4.43. The highest BCUT2D eigenvalue weighted by atomic mass is 15.3. The smallest absolute Gasteiger partial charge is 0.145 e. The Hall–Kier alpha value is -2.14. The van der Waals surface area contributed by atoms with Gasteiger partial charge in [-0.25, -0.2) is 15.8 Å². The van der Waals surface area contributed by atoms with E-state index in [1.807, 2.05) is 31.3 Å². The first-order valence-electron chi connectivity index (χ1n) is 7.01. The van der Waals surface area contributed by atoms with E-state index >= 15 is 0 Å². The van der Waals surface area contributed by atoms with Gasteiger partial charge in [-0.3, -0.25) is 0 Å². The number of nitrogen functional groups attached to an aromatic ring is 1. The molecule has 0 aliphatic carbocycles. The van der Waals surface area contributed by atoms with Gasteiger partial charge in [-0.1, -0.05) is 51.1 Å². The van der Waals surface area contributed by atoms with E-state index in [9.17, 15) is 0 Å². The number of aromatic nitrogens is 2. The summed E-state index contributed by atoms with van der Waals surface area (Å²) < 4.78 is 0. The molecule has 0 unspecified atom stereocenters. The van der Waals surface area contributed by atoms with Crippen LogP contribution in [-0.2, 0) is 12.0 Å². The van der Waals surface area contributed by atoms with Crippen molar-refractivity contribution in [2.75, 3.05) is 17.4 Å². The third-order valence-electron chi connectivity index (χ3n) is 3.18. The van der Waals surface area contributed by atoms with Crippen LogP contribution in [0.2, 0.25) is 0 Å². The number of hydrogen-bond acceptors (Lipinski definition) is 5. The molecule has 2 aromatic rings. The number of anilines is 2. The summed E-state index contributed by atoms with van der Waals surface area (Å²) >= 11 is 0. The molecule has 1 aromatic heterocycles. The minimum atomic E-state index is -0.130. The Labute approximate surface area is 126 Å². The number of benzene rings is 1. The number of hydrogen-bond donors (Lipinski definition) is 2. The van der Waals surface area contributed by atoms with Crippen LogP contribution < -0.4 is 16.2 Å². The highest BCUT2D eigenvalue weighted by Gasteiger charge is 2.20. The van der Waals surface area contributed by atoms with Gasteiger partial charge in [0.2, 0.25) is 0 Å². The third kappa shape index (κ3) is 3.92. The van der Waals surface area contributed by atoms with Gasteiger partial charge in [0, 0.05) is 25.1 Å². The number of nitrogens with one attached hydrogen (secondary N) is 1.